The Morgan fingerprint density at radius 3 is 2.83 bits per heavy atom. The van der Waals surface area contributed by atoms with E-state index in [2.05, 4.69) is 16.0 Å². The molecule has 2 heteroatoms. The molecule has 2 rings (SSSR count). The average molecular weight is 224 g/mol. The van der Waals surface area contributed by atoms with Crippen LogP contribution in [0.3, 0.4) is 0 Å². The van der Waals surface area contributed by atoms with Crippen LogP contribution >= 0.6 is 0 Å². The number of Topliss-reactive ketones (excluding diaryl/α,β-unsaturated/α-hetero) is 1. The molecule has 0 amide bonds. The van der Waals surface area contributed by atoms with Crippen molar-refractivity contribution in [2.24, 2.45) is 0 Å². The monoisotopic (exact) mass is 225 g/mol. The number of carbonyl (C=O) groups is 1. The molecule has 0 aromatic heterocycles. The van der Waals surface area contributed by atoms with Gasteiger partial charge in [0.2, 0.25) is 0 Å². The molecule has 1 atom stereocenters. The van der Waals surface area contributed by atoms with Gasteiger partial charge in [-0.25, -0.2) is 0 Å². The zero-order chi connectivity index (χ0) is 8.55. The summed E-state index contributed by atoms with van der Waals surface area (Å²) in [6.45, 7) is 0. The molecule has 0 fully saturated rings. The zero-order valence-corrected chi connectivity index (χ0v) is 8.33. The summed E-state index contributed by atoms with van der Waals surface area (Å²) in [5, 5.41) is 0. The number of rotatable bonds is 0. The normalized spacial score (nSPS) is 22.1. The van der Waals surface area contributed by atoms with E-state index in [4.69, 9.17) is 0 Å². The van der Waals surface area contributed by atoms with Crippen LogP contribution in [0, 0.1) is 0 Å². The van der Waals surface area contributed by atoms with Gasteiger partial charge in [0.1, 0.15) is 0 Å². The molecule has 0 spiro atoms. The van der Waals surface area contributed by atoms with Gasteiger partial charge in [-0.2, -0.15) is 0 Å². The van der Waals surface area contributed by atoms with Gasteiger partial charge >= 0.3 is 79.6 Å². The second-order valence-corrected chi connectivity index (χ2v) is 4.51. The van der Waals surface area contributed by atoms with Crippen molar-refractivity contribution in [3.8, 4) is 0 Å². The molecule has 1 nitrogen and oxygen atoms in total. The van der Waals surface area contributed by atoms with Crippen molar-refractivity contribution in [1.29, 1.82) is 0 Å². The molecule has 0 N–H and O–H groups in total. The van der Waals surface area contributed by atoms with E-state index in [1.54, 1.807) is 0 Å². The molecule has 1 aromatic carbocycles. The Morgan fingerprint density at radius 2 is 2.00 bits per heavy atom. The molecule has 12 heavy (non-hydrogen) atoms. The first-order valence-corrected chi connectivity index (χ1v) is 5.03. The maximum atomic E-state index is 11.5. The third-order valence-corrected chi connectivity index (χ3v) is 2.88. The fourth-order valence-electron chi connectivity index (χ4n) is 1.60. The quantitative estimate of drug-likeness (QED) is 0.614. The van der Waals surface area contributed by atoms with Crippen molar-refractivity contribution in [2.75, 3.05) is 0 Å². The van der Waals surface area contributed by atoms with Crippen molar-refractivity contribution in [3.63, 3.8) is 0 Å². The molecule has 0 saturated heterocycles. The van der Waals surface area contributed by atoms with Crippen LogP contribution in [-0.4, -0.2) is 21.8 Å². The molecule has 61 valence electrons. The average Bonchev–Trinajstić information content (AvgIpc) is 2.04. The molecule has 0 heterocycles. The van der Waals surface area contributed by atoms with E-state index in [1.807, 2.05) is 24.3 Å². The topological polar surface area (TPSA) is 17.1 Å². The van der Waals surface area contributed by atoms with E-state index in [0.29, 0.717) is 11.2 Å². The van der Waals surface area contributed by atoms with Gasteiger partial charge in [-0.3, -0.25) is 0 Å². The molecular formula is C10H9OSe. The molecule has 0 saturated carbocycles. The third-order valence-electron chi connectivity index (χ3n) is 2.18. The van der Waals surface area contributed by atoms with Gasteiger partial charge in [-0.15, -0.1) is 0 Å². The molecule has 0 aliphatic heterocycles. The van der Waals surface area contributed by atoms with Crippen molar-refractivity contribution < 1.29 is 4.79 Å². The van der Waals surface area contributed by atoms with Gasteiger partial charge in [0.05, 0.1) is 0 Å². The molecular weight excluding hydrogens is 215 g/mol. The number of carbonyl (C=O) groups excluding carboxylic acids is 1. The number of ketones is 1. The first kappa shape index (κ1) is 8.03. The van der Waals surface area contributed by atoms with E-state index >= 15 is 0 Å². The van der Waals surface area contributed by atoms with E-state index < -0.39 is 0 Å². The minimum absolute atomic E-state index is 0.278. The SMILES string of the molecule is O=C1CC([Se])Cc2ccccc21. The van der Waals surface area contributed by atoms with E-state index in [-0.39, 0.29) is 5.78 Å². The fourth-order valence-corrected chi connectivity index (χ4v) is 2.30. The number of hydrogen-bond acceptors (Lipinski definition) is 1. The Labute approximate surface area is 80.0 Å². The van der Waals surface area contributed by atoms with Gasteiger partial charge in [0.25, 0.3) is 0 Å². The van der Waals surface area contributed by atoms with Crippen molar-refractivity contribution in [3.05, 3.63) is 35.4 Å². The molecule has 1 aliphatic rings. The Hall–Kier alpha value is -0.591. The molecule has 1 aliphatic carbocycles. The van der Waals surface area contributed by atoms with Crippen LogP contribution in [-0.2, 0) is 6.42 Å². The predicted octanol–water partition coefficient (Wildman–Crippen LogP) is 1.77. The predicted molar refractivity (Wildman–Crippen MR) is 48.6 cm³/mol. The summed E-state index contributed by atoms with van der Waals surface area (Å²) in [5.41, 5.74) is 2.11. The number of fused-ring (bicyclic) bond motifs is 1. The van der Waals surface area contributed by atoms with Gasteiger partial charge in [-0.1, -0.05) is 0 Å². The summed E-state index contributed by atoms with van der Waals surface area (Å²) in [7, 11) is 0. The summed E-state index contributed by atoms with van der Waals surface area (Å²) < 4.78 is 0. The maximum absolute atomic E-state index is 11.5. The van der Waals surface area contributed by atoms with Crippen molar-refractivity contribution in [2.45, 2.75) is 17.7 Å². The number of benzene rings is 1. The second kappa shape index (κ2) is 3.04. The van der Waals surface area contributed by atoms with Crippen LogP contribution in [0.1, 0.15) is 22.3 Å². The summed E-state index contributed by atoms with van der Waals surface area (Å²) in [5.74, 6) is 0.278. The van der Waals surface area contributed by atoms with Crippen LogP contribution < -0.4 is 0 Å². The molecule has 0 bridgehead atoms. The van der Waals surface area contributed by atoms with E-state index in [9.17, 15) is 4.79 Å². The summed E-state index contributed by atoms with van der Waals surface area (Å²) in [4.78, 5) is 11.9. The third kappa shape index (κ3) is 1.33. The van der Waals surface area contributed by atoms with Crippen LogP contribution in [0.15, 0.2) is 24.3 Å². The Balaban J connectivity index is 2.47. The molecule has 1 radical (unpaired) electrons. The van der Waals surface area contributed by atoms with Crippen molar-refractivity contribution in [1.82, 2.24) is 0 Å². The van der Waals surface area contributed by atoms with Crippen LogP contribution in [0.5, 0.6) is 0 Å². The van der Waals surface area contributed by atoms with Crippen molar-refractivity contribution >= 4 is 21.8 Å². The van der Waals surface area contributed by atoms with Gasteiger partial charge in [-0.05, 0) is 0 Å². The fraction of sp³-hybridized carbons (Fsp3) is 0.300. The minimum atomic E-state index is 0.278. The van der Waals surface area contributed by atoms with Crippen LogP contribution in [0.25, 0.3) is 0 Å². The first-order valence-electron chi connectivity index (χ1n) is 4.04. The molecule has 1 unspecified atom stereocenters. The van der Waals surface area contributed by atoms with Crippen LogP contribution in [0.2, 0.25) is 4.82 Å². The zero-order valence-electron chi connectivity index (χ0n) is 6.62. The Morgan fingerprint density at radius 1 is 1.25 bits per heavy atom. The van der Waals surface area contributed by atoms with Gasteiger partial charge in [0.15, 0.2) is 0 Å². The second-order valence-electron chi connectivity index (χ2n) is 3.11. The Bertz CT molecular complexity index is 319. The van der Waals surface area contributed by atoms with Gasteiger partial charge < -0.3 is 0 Å². The van der Waals surface area contributed by atoms with E-state index in [0.717, 1.165) is 12.0 Å². The Kier molecular flexibility index (Phi) is 2.03. The standard InChI is InChI=1S/C10H9OSe/c11-10-6-8(12)5-7-3-1-2-4-9(7)10/h1-4,8H,5-6H2. The van der Waals surface area contributed by atoms with Gasteiger partial charge in [0, 0.05) is 0 Å². The summed E-state index contributed by atoms with van der Waals surface area (Å²) in [6.07, 6.45) is 1.67. The van der Waals surface area contributed by atoms with E-state index in [1.165, 1.54) is 5.56 Å². The molecule has 1 aromatic rings. The number of hydrogen-bond donors (Lipinski definition) is 0. The summed E-state index contributed by atoms with van der Waals surface area (Å²) in [6, 6.07) is 7.88. The summed E-state index contributed by atoms with van der Waals surface area (Å²) >= 11 is 3.03. The van der Waals surface area contributed by atoms with Crippen LogP contribution in [0.4, 0.5) is 0 Å². The first-order chi connectivity index (χ1) is 5.77.